The molecule has 1 saturated carbocycles. The van der Waals surface area contributed by atoms with Crippen molar-refractivity contribution in [1.29, 1.82) is 0 Å². The van der Waals surface area contributed by atoms with Crippen LogP contribution in [0.25, 0.3) is 0 Å². The van der Waals surface area contributed by atoms with Crippen LogP contribution in [-0.2, 0) is 14.4 Å². The third kappa shape index (κ3) is 2.57. The Hall–Kier alpha value is -1.59. The van der Waals surface area contributed by atoms with Gasteiger partial charge in [-0.25, -0.2) is 4.79 Å². The zero-order valence-corrected chi connectivity index (χ0v) is 9.73. The van der Waals surface area contributed by atoms with Gasteiger partial charge < -0.3 is 15.3 Å². The number of carbonyl (C=O) groups is 2. The summed E-state index contributed by atoms with van der Waals surface area (Å²) in [6.45, 7) is 2.01. The summed E-state index contributed by atoms with van der Waals surface area (Å²) >= 11 is 0. The number of nitrogens with zero attached hydrogens (tertiary/aromatic N) is 1. The van der Waals surface area contributed by atoms with Gasteiger partial charge in [0.25, 0.3) is 5.91 Å². The summed E-state index contributed by atoms with van der Waals surface area (Å²) in [4.78, 5) is 27.3. The van der Waals surface area contributed by atoms with E-state index in [2.05, 4.69) is 10.5 Å². The van der Waals surface area contributed by atoms with E-state index in [1.165, 1.54) is 0 Å². The molecule has 1 aliphatic carbocycles. The summed E-state index contributed by atoms with van der Waals surface area (Å²) in [7, 11) is 0. The smallest absolute Gasteiger partial charge is 0.353 e. The number of carboxylic acids is 1. The highest BCUT2D eigenvalue weighted by molar-refractivity contribution is 6.36. The molecule has 0 aromatic carbocycles. The number of oxime groups is 1. The molecule has 0 radical (unpaired) electrons. The van der Waals surface area contributed by atoms with Gasteiger partial charge in [-0.1, -0.05) is 18.0 Å². The number of carboxylic acid groups (broad SMARTS) is 1. The van der Waals surface area contributed by atoms with Crippen LogP contribution in [0.2, 0.25) is 0 Å². The molecule has 6 nitrogen and oxygen atoms in total. The average Bonchev–Trinajstić information content (AvgIpc) is 2.86. The SMILES string of the molecule is CC1(NC(=O)C2CC(C(=O)O)=NO2)CCCC1. The lowest BCUT2D eigenvalue weighted by atomic mass is 10.00. The average molecular weight is 240 g/mol. The molecule has 0 aromatic heterocycles. The van der Waals surface area contributed by atoms with Crippen molar-refractivity contribution >= 4 is 17.6 Å². The van der Waals surface area contributed by atoms with Crippen molar-refractivity contribution in [2.75, 3.05) is 0 Å². The number of rotatable bonds is 3. The van der Waals surface area contributed by atoms with Crippen LogP contribution >= 0.6 is 0 Å². The molecular weight excluding hydrogens is 224 g/mol. The second kappa shape index (κ2) is 4.35. The molecule has 17 heavy (non-hydrogen) atoms. The quantitative estimate of drug-likeness (QED) is 0.758. The van der Waals surface area contributed by atoms with Gasteiger partial charge in [-0.15, -0.1) is 0 Å². The second-order valence-corrected chi connectivity index (χ2v) is 4.90. The monoisotopic (exact) mass is 240 g/mol. The van der Waals surface area contributed by atoms with Crippen LogP contribution in [0, 0.1) is 0 Å². The van der Waals surface area contributed by atoms with Crippen molar-refractivity contribution in [2.24, 2.45) is 5.16 Å². The number of amides is 1. The Morgan fingerprint density at radius 3 is 2.65 bits per heavy atom. The highest BCUT2D eigenvalue weighted by Gasteiger charge is 2.36. The summed E-state index contributed by atoms with van der Waals surface area (Å²) in [5, 5.41) is 15.0. The fraction of sp³-hybridized carbons (Fsp3) is 0.727. The van der Waals surface area contributed by atoms with E-state index < -0.39 is 12.1 Å². The molecule has 0 spiro atoms. The molecule has 1 aliphatic heterocycles. The van der Waals surface area contributed by atoms with E-state index in [1.54, 1.807) is 0 Å². The molecule has 1 fully saturated rings. The molecule has 1 heterocycles. The van der Waals surface area contributed by atoms with Gasteiger partial charge >= 0.3 is 5.97 Å². The summed E-state index contributed by atoms with van der Waals surface area (Å²) in [6, 6.07) is 0. The van der Waals surface area contributed by atoms with Gasteiger partial charge in [0.15, 0.2) is 5.71 Å². The Morgan fingerprint density at radius 1 is 1.47 bits per heavy atom. The van der Waals surface area contributed by atoms with Gasteiger partial charge in [0.2, 0.25) is 6.10 Å². The molecular formula is C11H16N2O4. The van der Waals surface area contributed by atoms with Crippen LogP contribution < -0.4 is 5.32 Å². The Balaban J connectivity index is 1.88. The van der Waals surface area contributed by atoms with E-state index in [0.29, 0.717) is 0 Å². The van der Waals surface area contributed by atoms with Crippen molar-refractivity contribution < 1.29 is 19.5 Å². The molecule has 0 aromatic rings. The van der Waals surface area contributed by atoms with E-state index >= 15 is 0 Å². The van der Waals surface area contributed by atoms with E-state index in [-0.39, 0.29) is 23.6 Å². The number of hydrogen-bond donors (Lipinski definition) is 2. The number of nitrogens with one attached hydrogen (secondary N) is 1. The molecule has 94 valence electrons. The normalized spacial score (nSPS) is 26.2. The minimum absolute atomic E-state index is 0.0389. The fourth-order valence-corrected chi connectivity index (χ4v) is 2.30. The van der Waals surface area contributed by atoms with Gasteiger partial charge in [0.05, 0.1) is 0 Å². The molecule has 2 N–H and O–H groups in total. The molecule has 0 saturated heterocycles. The molecule has 0 bridgehead atoms. The van der Waals surface area contributed by atoms with Crippen LogP contribution in [0.5, 0.6) is 0 Å². The zero-order chi connectivity index (χ0) is 12.5. The van der Waals surface area contributed by atoms with E-state index in [1.807, 2.05) is 6.92 Å². The third-order valence-electron chi connectivity index (χ3n) is 3.34. The fourth-order valence-electron chi connectivity index (χ4n) is 2.30. The Kier molecular flexibility index (Phi) is 3.04. The number of carbonyl (C=O) groups excluding carboxylic acids is 1. The minimum Gasteiger partial charge on any atom is -0.477 e. The van der Waals surface area contributed by atoms with Crippen molar-refractivity contribution in [3.8, 4) is 0 Å². The summed E-state index contributed by atoms with van der Waals surface area (Å²) < 4.78 is 0. The van der Waals surface area contributed by atoms with E-state index in [0.717, 1.165) is 25.7 Å². The number of aliphatic carboxylic acids is 1. The highest BCUT2D eigenvalue weighted by Crippen LogP contribution is 2.29. The Labute approximate surface area is 99.0 Å². The van der Waals surface area contributed by atoms with Crippen molar-refractivity contribution in [1.82, 2.24) is 5.32 Å². The van der Waals surface area contributed by atoms with Gasteiger partial charge in [-0.2, -0.15) is 0 Å². The van der Waals surface area contributed by atoms with Crippen molar-refractivity contribution in [3.63, 3.8) is 0 Å². The van der Waals surface area contributed by atoms with E-state index in [9.17, 15) is 9.59 Å². The van der Waals surface area contributed by atoms with Crippen LogP contribution in [-0.4, -0.2) is 34.3 Å². The molecule has 6 heteroatoms. The molecule has 1 amide bonds. The molecule has 2 rings (SSSR count). The standard InChI is InChI=1S/C11H16N2O4/c1-11(4-2-3-5-11)12-9(14)8-6-7(10(15)16)13-17-8/h8H,2-6H2,1H3,(H,12,14)(H,15,16). The Bertz CT molecular complexity index is 372. The first-order chi connectivity index (χ1) is 8.00. The highest BCUT2D eigenvalue weighted by atomic mass is 16.6. The zero-order valence-electron chi connectivity index (χ0n) is 9.73. The van der Waals surface area contributed by atoms with Gasteiger partial charge in [-0.3, -0.25) is 4.79 Å². The minimum atomic E-state index is -1.13. The van der Waals surface area contributed by atoms with Gasteiger partial charge in [0, 0.05) is 12.0 Å². The van der Waals surface area contributed by atoms with Crippen LogP contribution in [0.1, 0.15) is 39.0 Å². The summed E-state index contributed by atoms with van der Waals surface area (Å²) in [6.07, 6.45) is 3.38. The lowest BCUT2D eigenvalue weighted by Crippen LogP contribution is -2.48. The predicted molar refractivity (Wildman–Crippen MR) is 59.6 cm³/mol. The van der Waals surface area contributed by atoms with Gasteiger partial charge in [0.1, 0.15) is 0 Å². The topological polar surface area (TPSA) is 88.0 Å². The van der Waals surface area contributed by atoms with Gasteiger partial charge in [-0.05, 0) is 19.8 Å². The first-order valence-corrected chi connectivity index (χ1v) is 5.78. The van der Waals surface area contributed by atoms with Crippen LogP contribution in [0.15, 0.2) is 5.16 Å². The van der Waals surface area contributed by atoms with Crippen LogP contribution in [0.4, 0.5) is 0 Å². The largest absolute Gasteiger partial charge is 0.477 e. The van der Waals surface area contributed by atoms with E-state index in [4.69, 9.17) is 9.94 Å². The van der Waals surface area contributed by atoms with Crippen molar-refractivity contribution in [2.45, 2.75) is 50.7 Å². The first kappa shape index (κ1) is 11.9. The summed E-state index contributed by atoms with van der Waals surface area (Å²) in [5.74, 6) is -1.40. The lowest BCUT2D eigenvalue weighted by molar-refractivity contribution is -0.133. The maximum absolute atomic E-state index is 11.9. The maximum Gasteiger partial charge on any atom is 0.353 e. The lowest BCUT2D eigenvalue weighted by Gasteiger charge is -2.26. The molecule has 2 aliphatic rings. The third-order valence-corrected chi connectivity index (χ3v) is 3.34. The summed E-state index contributed by atoms with van der Waals surface area (Å²) in [5.41, 5.74) is -0.270. The molecule has 1 unspecified atom stereocenters. The van der Waals surface area contributed by atoms with Crippen LogP contribution in [0.3, 0.4) is 0 Å². The molecule has 1 atom stereocenters. The number of hydrogen-bond acceptors (Lipinski definition) is 4. The first-order valence-electron chi connectivity index (χ1n) is 5.78. The van der Waals surface area contributed by atoms with Crippen molar-refractivity contribution in [3.05, 3.63) is 0 Å². The maximum atomic E-state index is 11.9. The second-order valence-electron chi connectivity index (χ2n) is 4.90. The predicted octanol–water partition coefficient (Wildman–Crippen LogP) is 0.665. The Morgan fingerprint density at radius 2 is 2.12 bits per heavy atom.